The zero-order valence-electron chi connectivity index (χ0n) is 16.6. The SMILES string of the molecule is CC(NC(=O)C1=C2C=CC=CN2C(CN2CCC(F)(F)CC2)N1)C(C)(C)C. The second-order valence-electron chi connectivity index (χ2n) is 8.75. The lowest BCUT2D eigenvalue weighted by atomic mass is 9.88. The Balaban J connectivity index is 1.68. The first-order chi connectivity index (χ1) is 12.6. The third-order valence-corrected chi connectivity index (χ3v) is 5.69. The minimum atomic E-state index is -2.55. The third kappa shape index (κ3) is 4.51. The minimum Gasteiger partial charge on any atom is -0.358 e. The number of fused-ring (bicyclic) bond motifs is 1. The second-order valence-corrected chi connectivity index (χ2v) is 8.75. The van der Waals surface area contributed by atoms with Crippen molar-refractivity contribution in [1.82, 2.24) is 20.4 Å². The number of allylic oxidation sites excluding steroid dienone is 3. The van der Waals surface area contributed by atoms with Crippen LogP contribution in [0.1, 0.15) is 40.5 Å². The maximum absolute atomic E-state index is 13.4. The van der Waals surface area contributed by atoms with Crippen LogP contribution >= 0.6 is 0 Å². The number of hydrogen-bond donors (Lipinski definition) is 2. The molecule has 150 valence electrons. The predicted octanol–water partition coefficient (Wildman–Crippen LogP) is 2.79. The molecule has 0 aromatic rings. The van der Waals surface area contributed by atoms with Gasteiger partial charge in [0.1, 0.15) is 11.9 Å². The number of halogens is 2. The number of carbonyl (C=O) groups excluding carboxylic acids is 1. The van der Waals surface area contributed by atoms with E-state index in [9.17, 15) is 13.6 Å². The van der Waals surface area contributed by atoms with Crippen molar-refractivity contribution in [3.05, 3.63) is 35.8 Å². The molecule has 27 heavy (non-hydrogen) atoms. The molecule has 3 rings (SSSR count). The molecule has 0 spiro atoms. The lowest BCUT2D eigenvalue weighted by Gasteiger charge is -2.35. The van der Waals surface area contributed by atoms with E-state index < -0.39 is 5.92 Å². The van der Waals surface area contributed by atoms with Gasteiger partial charge in [-0.2, -0.15) is 0 Å². The summed E-state index contributed by atoms with van der Waals surface area (Å²) in [6.07, 6.45) is 7.31. The summed E-state index contributed by atoms with van der Waals surface area (Å²) in [7, 11) is 0. The van der Waals surface area contributed by atoms with E-state index in [4.69, 9.17) is 0 Å². The van der Waals surface area contributed by atoms with Crippen LogP contribution in [0.5, 0.6) is 0 Å². The number of nitrogens with one attached hydrogen (secondary N) is 2. The Morgan fingerprint density at radius 3 is 2.63 bits per heavy atom. The summed E-state index contributed by atoms with van der Waals surface area (Å²) in [5.41, 5.74) is 1.32. The summed E-state index contributed by atoms with van der Waals surface area (Å²) in [4.78, 5) is 16.9. The molecular weight excluding hydrogens is 350 g/mol. The molecule has 3 aliphatic heterocycles. The average molecular weight is 380 g/mol. The van der Waals surface area contributed by atoms with Gasteiger partial charge in [-0.3, -0.25) is 9.69 Å². The second kappa shape index (κ2) is 7.26. The first-order valence-corrected chi connectivity index (χ1v) is 9.62. The predicted molar refractivity (Wildman–Crippen MR) is 102 cm³/mol. The molecule has 2 unspecified atom stereocenters. The Morgan fingerprint density at radius 1 is 1.33 bits per heavy atom. The van der Waals surface area contributed by atoms with Crippen LogP contribution in [-0.2, 0) is 4.79 Å². The number of nitrogens with zero attached hydrogens (tertiary/aromatic N) is 2. The monoisotopic (exact) mass is 380 g/mol. The van der Waals surface area contributed by atoms with Gasteiger partial charge in [0.15, 0.2) is 0 Å². The quantitative estimate of drug-likeness (QED) is 0.787. The van der Waals surface area contributed by atoms with Crippen molar-refractivity contribution >= 4 is 5.91 Å². The molecule has 7 heteroatoms. The van der Waals surface area contributed by atoms with Gasteiger partial charge in [0, 0.05) is 44.7 Å². The molecule has 5 nitrogen and oxygen atoms in total. The Morgan fingerprint density at radius 2 is 2.00 bits per heavy atom. The third-order valence-electron chi connectivity index (χ3n) is 5.69. The first-order valence-electron chi connectivity index (χ1n) is 9.62. The van der Waals surface area contributed by atoms with Crippen LogP contribution in [0.25, 0.3) is 0 Å². The van der Waals surface area contributed by atoms with Crippen molar-refractivity contribution < 1.29 is 13.6 Å². The average Bonchev–Trinajstić information content (AvgIpc) is 2.95. The largest absolute Gasteiger partial charge is 0.358 e. The van der Waals surface area contributed by atoms with Gasteiger partial charge in [-0.15, -0.1) is 0 Å². The van der Waals surface area contributed by atoms with Crippen LogP contribution in [0.15, 0.2) is 35.8 Å². The highest BCUT2D eigenvalue weighted by Gasteiger charge is 2.38. The van der Waals surface area contributed by atoms with Gasteiger partial charge in [0.25, 0.3) is 11.8 Å². The summed E-state index contributed by atoms with van der Waals surface area (Å²) >= 11 is 0. The van der Waals surface area contributed by atoms with Crippen molar-refractivity contribution in [2.75, 3.05) is 19.6 Å². The summed E-state index contributed by atoms with van der Waals surface area (Å²) in [5, 5.41) is 6.39. The van der Waals surface area contributed by atoms with Crippen molar-refractivity contribution in [2.24, 2.45) is 5.41 Å². The summed E-state index contributed by atoms with van der Waals surface area (Å²) < 4.78 is 26.8. The van der Waals surface area contributed by atoms with E-state index in [0.717, 1.165) is 5.70 Å². The van der Waals surface area contributed by atoms with Gasteiger partial charge in [0.05, 0.1) is 5.70 Å². The smallest absolute Gasteiger partial charge is 0.269 e. The normalized spacial score (nSPS) is 26.0. The van der Waals surface area contributed by atoms with Gasteiger partial charge < -0.3 is 15.5 Å². The van der Waals surface area contributed by atoms with Gasteiger partial charge in [-0.05, 0) is 24.5 Å². The fraction of sp³-hybridized carbons (Fsp3) is 0.650. The van der Waals surface area contributed by atoms with E-state index in [1.807, 2.05) is 41.2 Å². The number of rotatable bonds is 4. The van der Waals surface area contributed by atoms with E-state index in [-0.39, 0.29) is 36.4 Å². The van der Waals surface area contributed by atoms with Crippen molar-refractivity contribution in [2.45, 2.75) is 58.7 Å². The van der Waals surface area contributed by atoms with Gasteiger partial charge in [0.2, 0.25) is 0 Å². The number of hydrogen-bond acceptors (Lipinski definition) is 4. The molecule has 0 aliphatic carbocycles. The van der Waals surface area contributed by atoms with Crippen LogP contribution in [0, 0.1) is 5.41 Å². The van der Waals surface area contributed by atoms with E-state index in [1.54, 1.807) is 0 Å². The number of piperidine rings is 1. The Kier molecular flexibility index (Phi) is 5.34. The van der Waals surface area contributed by atoms with Gasteiger partial charge in [-0.1, -0.05) is 26.8 Å². The molecule has 1 saturated heterocycles. The minimum absolute atomic E-state index is 0.0137. The maximum Gasteiger partial charge on any atom is 0.269 e. The number of carbonyl (C=O) groups is 1. The molecule has 0 bridgehead atoms. The molecule has 3 aliphatic rings. The van der Waals surface area contributed by atoms with E-state index in [2.05, 4.69) is 31.4 Å². The zero-order chi connectivity index (χ0) is 19.8. The highest BCUT2D eigenvalue weighted by atomic mass is 19.3. The van der Waals surface area contributed by atoms with Crippen molar-refractivity contribution in [1.29, 1.82) is 0 Å². The van der Waals surface area contributed by atoms with Crippen LogP contribution in [-0.4, -0.2) is 53.5 Å². The van der Waals surface area contributed by atoms with Gasteiger partial charge in [-0.25, -0.2) is 8.78 Å². The Labute approximate surface area is 160 Å². The zero-order valence-corrected chi connectivity index (χ0v) is 16.6. The highest BCUT2D eigenvalue weighted by Crippen LogP contribution is 2.30. The molecule has 0 radical (unpaired) electrons. The topological polar surface area (TPSA) is 47.6 Å². The van der Waals surface area contributed by atoms with E-state index in [0.29, 0.717) is 25.3 Å². The summed E-state index contributed by atoms with van der Waals surface area (Å²) in [6.45, 7) is 9.58. The summed E-state index contributed by atoms with van der Waals surface area (Å²) in [6, 6.07) is 0.0137. The fourth-order valence-electron chi connectivity index (χ4n) is 3.36. The lowest BCUT2D eigenvalue weighted by molar-refractivity contribution is -0.119. The van der Waals surface area contributed by atoms with Crippen molar-refractivity contribution in [3.63, 3.8) is 0 Å². The molecule has 2 N–H and O–H groups in total. The van der Waals surface area contributed by atoms with Gasteiger partial charge >= 0.3 is 0 Å². The Bertz CT molecular complexity index is 668. The molecule has 0 aromatic carbocycles. The van der Waals surface area contributed by atoms with Crippen LogP contribution < -0.4 is 10.6 Å². The van der Waals surface area contributed by atoms with Crippen molar-refractivity contribution in [3.8, 4) is 0 Å². The number of amides is 1. The number of alkyl halides is 2. The summed E-state index contributed by atoms with van der Waals surface area (Å²) in [5.74, 6) is -2.68. The molecule has 3 heterocycles. The lowest BCUT2D eigenvalue weighted by Crippen LogP contribution is -2.50. The molecular formula is C20H30F2N4O. The molecule has 2 atom stereocenters. The van der Waals surface area contributed by atoms with E-state index in [1.165, 1.54) is 0 Å². The maximum atomic E-state index is 13.4. The molecule has 0 aromatic heterocycles. The number of likely N-dealkylation sites (tertiary alicyclic amines) is 1. The molecule has 0 saturated carbocycles. The standard InChI is InChI=1S/C20H30F2N4O/c1-14(19(2,3)4)23-18(27)17-15-7-5-6-10-26(15)16(24-17)13-25-11-8-20(21,22)9-12-25/h5-7,10,14,16,24H,8-9,11-13H2,1-4H3,(H,23,27). The Hall–Kier alpha value is -1.89. The van der Waals surface area contributed by atoms with Crippen LogP contribution in [0.2, 0.25) is 0 Å². The fourth-order valence-corrected chi connectivity index (χ4v) is 3.36. The van der Waals surface area contributed by atoms with Crippen LogP contribution in [0.3, 0.4) is 0 Å². The highest BCUT2D eigenvalue weighted by molar-refractivity contribution is 5.95. The molecule has 1 amide bonds. The van der Waals surface area contributed by atoms with E-state index >= 15 is 0 Å². The van der Waals surface area contributed by atoms with Crippen LogP contribution in [0.4, 0.5) is 8.78 Å². The first kappa shape index (κ1) is 19.9. The molecule has 1 fully saturated rings.